The molecule has 23 heavy (non-hydrogen) atoms. The Labute approximate surface area is 147 Å². The molecule has 2 aromatic rings. The number of nitrogens with zero attached hydrogens (tertiary/aromatic N) is 1. The number of fused-ring (bicyclic) bond motifs is 1. The lowest BCUT2D eigenvalue weighted by Gasteiger charge is -2.03. The molecule has 0 atom stereocenters. The third-order valence-electron chi connectivity index (χ3n) is 3.34. The molecular formula is C15H8Br2N2O4. The fourth-order valence-electron chi connectivity index (χ4n) is 2.30. The summed E-state index contributed by atoms with van der Waals surface area (Å²) < 4.78 is 1.53. The van der Waals surface area contributed by atoms with Crippen molar-refractivity contribution in [2.24, 2.45) is 0 Å². The standard InChI is InChI=1S/C15H8Br2N2O4/c16-8-5-9-10(15(21)18-14(9)11(17)6-8)3-7-1-2-13(20)12(4-7)19(22)23/h1-6,20H,(H,18,21). The number of hydrogen-bond acceptors (Lipinski definition) is 4. The van der Waals surface area contributed by atoms with Gasteiger partial charge in [0.25, 0.3) is 5.91 Å². The number of carbonyl (C=O) groups excluding carboxylic acids is 1. The number of nitrogens with one attached hydrogen (secondary N) is 1. The van der Waals surface area contributed by atoms with E-state index in [-0.39, 0.29) is 5.91 Å². The van der Waals surface area contributed by atoms with Gasteiger partial charge in [0.1, 0.15) is 0 Å². The van der Waals surface area contributed by atoms with Crippen molar-refractivity contribution in [1.29, 1.82) is 0 Å². The third kappa shape index (κ3) is 2.87. The number of benzene rings is 2. The van der Waals surface area contributed by atoms with Crippen LogP contribution in [0.25, 0.3) is 11.6 Å². The SMILES string of the molecule is O=C1Nc2c(Br)cc(Br)cc2C1=Cc1ccc(O)c([N+](=O)[O-])c1. The third-order valence-corrected chi connectivity index (χ3v) is 4.42. The summed E-state index contributed by atoms with van der Waals surface area (Å²) in [5.41, 5.74) is 1.77. The molecule has 0 bridgehead atoms. The van der Waals surface area contributed by atoms with Gasteiger partial charge in [0.15, 0.2) is 5.75 Å². The molecule has 1 amide bonds. The maximum Gasteiger partial charge on any atom is 0.311 e. The summed E-state index contributed by atoms with van der Waals surface area (Å²) in [6, 6.07) is 7.56. The van der Waals surface area contributed by atoms with E-state index < -0.39 is 16.4 Å². The van der Waals surface area contributed by atoms with Crippen LogP contribution in [0.5, 0.6) is 5.75 Å². The van der Waals surface area contributed by atoms with E-state index in [0.29, 0.717) is 22.4 Å². The number of halogens is 2. The summed E-state index contributed by atoms with van der Waals surface area (Å²) in [5, 5.41) is 23.1. The van der Waals surface area contributed by atoms with Gasteiger partial charge >= 0.3 is 5.69 Å². The highest BCUT2D eigenvalue weighted by Gasteiger charge is 2.26. The zero-order valence-corrected chi connectivity index (χ0v) is 14.5. The molecule has 6 nitrogen and oxygen atoms in total. The van der Waals surface area contributed by atoms with Gasteiger partial charge in [-0.15, -0.1) is 0 Å². The van der Waals surface area contributed by atoms with E-state index in [0.717, 1.165) is 8.95 Å². The van der Waals surface area contributed by atoms with Gasteiger partial charge < -0.3 is 10.4 Å². The van der Waals surface area contributed by atoms with E-state index in [2.05, 4.69) is 37.2 Å². The Morgan fingerprint density at radius 1 is 1.22 bits per heavy atom. The number of phenols is 1. The molecule has 0 fully saturated rings. The van der Waals surface area contributed by atoms with E-state index >= 15 is 0 Å². The van der Waals surface area contributed by atoms with E-state index in [1.165, 1.54) is 18.2 Å². The van der Waals surface area contributed by atoms with E-state index in [1.54, 1.807) is 12.1 Å². The second-order valence-electron chi connectivity index (χ2n) is 4.83. The smallest absolute Gasteiger partial charge is 0.311 e. The molecule has 0 radical (unpaired) electrons. The van der Waals surface area contributed by atoms with Crippen LogP contribution in [0, 0.1) is 10.1 Å². The second kappa shape index (κ2) is 5.78. The minimum Gasteiger partial charge on any atom is -0.502 e. The van der Waals surface area contributed by atoms with Crippen LogP contribution in [0.4, 0.5) is 11.4 Å². The van der Waals surface area contributed by atoms with E-state index in [1.807, 2.05) is 6.07 Å². The molecular weight excluding hydrogens is 432 g/mol. The Kier molecular flexibility index (Phi) is 3.95. The number of phenolic OH excluding ortho intramolecular Hbond substituents is 1. The zero-order chi connectivity index (χ0) is 16.7. The highest BCUT2D eigenvalue weighted by atomic mass is 79.9. The van der Waals surface area contributed by atoms with Crippen LogP contribution in [0.3, 0.4) is 0 Å². The maximum absolute atomic E-state index is 12.2. The van der Waals surface area contributed by atoms with Gasteiger partial charge in [-0.1, -0.05) is 22.0 Å². The molecule has 0 spiro atoms. The first kappa shape index (κ1) is 15.7. The van der Waals surface area contributed by atoms with Gasteiger partial charge in [-0.05, 0) is 45.8 Å². The van der Waals surface area contributed by atoms with Gasteiger partial charge in [-0.25, -0.2) is 0 Å². The minimum atomic E-state index is -0.673. The quantitative estimate of drug-likeness (QED) is 0.414. The lowest BCUT2D eigenvalue weighted by atomic mass is 10.0. The van der Waals surface area contributed by atoms with Crippen LogP contribution in [-0.4, -0.2) is 15.9 Å². The first-order chi connectivity index (χ1) is 10.9. The number of rotatable bonds is 2. The molecule has 2 N–H and O–H groups in total. The molecule has 0 aromatic heterocycles. The predicted octanol–water partition coefficient (Wildman–Crippen LogP) is 4.32. The molecule has 1 aliphatic heterocycles. The van der Waals surface area contributed by atoms with E-state index in [4.69, 9.17) is 0 Å². The number of carbonyl (C=O) groups is 1. The van der Waals surface area contributed by atoms with Crippen molar-refractivity contribution in [3.05, 3.63) is 60.5 Å². The largest absolute Gasteiger partial charge is 0.502 e. The number of hydrogen-bond donors (Lipinski definition) is 2. The molecule has 0 saturated carbocycles. The van der Waals surface area contributed by atoms with Crippen LogP contribution < -0.4 is 5.32 Å². The first-order valence-electron chi connectivity index (χ1n) is 6.36. The molecule has 1 heterocycles. The zero-order valence-electron chi connectivity index (χ0n) is 11.3. The van der Waals surface area contributed by atoms with Crippen LogP contribution in [0.1, 0.15) is 11.1 Å². The molecule has 8 heteroatoms. The highest BCUT2D eigenvalue weighted by Crippen LogP contribution is 2.40. The predicted molar refractivity (Wildman–Crippen MR) is 93.1 cm³/mol. The maximum atomic E-state index is 12.2. The average molecular weight is 440 g/mol. The first-order valence-corrected chi connectivity index (χ1v) is 7.95. The number of anilines is 1. The highest BCUT2D eigenvalue weighted by molar-refractivity contribution is 9.11. The number of aromatic hydroxyl groups is 1. The van der Waals surface area contributed by atoms with Crippen molar-refractivity contribution in [3.8, 4) is 5.75 Å². The van der Waals surface area contributed by atoms with Crippen LogP contribution in [0.15, 0.2) is 39.3 Å². The fourth-order valence-corrected chi connectivity index (χ4v) is 3.63. The molecule has 2 aromatic carbocycles. The summed E-state index contributed by atoms with van der Waals surface area (Å²) >= 11 is 6.75. The Morgan fingerprint density at radius 2 is 1.96 bits per heavy atom. The Hall–Kier alpha value is -2.19. The van der Waals surface area contributed by atoms with Crippen molar-refractivity contribution >= 4 is 60.8 Å². The van der Waals surface area contributed by atoms with E-state index in [9.17, 15) is 20.0 Å². The summed E-state index contributed by atoms with van der Waals surface area (Å²) in [4.78, 5) is 22.4. The lowest BCUT2D eigenvalue weighted by Crippen LogP contribution is -2.03. The van der Waals surface area contributed by atoms with Gasteiger partial charge in [0.2, 0.25) is 0 Å². The van der Waals surface area contributed by atoms with Crippen molar-refractivity contribution in [3.63, 3.8) is 0 Å². The second-order valence-corrected chi connectivity index (χ2v) is 6.60. The topological polar surface area (TPSA) is 92.5 Å². The fraction of sp³-hybridized carbons (Fsp3) is 0. The van der Waals surface area contributed by atoms with Gasteiger partial charge in [0, 0.05) is 26.1 Å². The normalized spacial score (nSPS) is 14.7. The van der Waals surface area contributed by atoms with Crippen LogP contribution in [0.2, 0.25) is 0 Å². The molecule has 0 aliphatic carbocycles. The number of nitro groups is 1. The summed E-state index contributed by atoms with van der Waals surface area (Å²) in [7, 11) is 0. The van der Waals surface area contributed by atoms with Crippen molar-refractivity contribution in [2.45, 2.75) is 0 Å². The lowest BCUT2D eigenvalue weighted by molar-refractivity contribution is -0.385. The van der Waals surface area contributed by atoms with Gasteiger partial charge in [-0.2, -0.15) is 0 Å². The van der Waals surface area contributed by atoms with Crippen molar-refractivity contribution < 1.29 is 14.8 Å². The van der Waals surface area contributed by atoms with Crippen LogP contribution in [-0.2, 0) is 4.79 Å². The number of nitro benzene ring substituents is 1. The summed E-state index contributed by atoms with van der Waals surface area (Å²) in [6.45, 7) is 0. The molecule has 116 valence electrons. The number of amides is 1. The van der Waals surface area contributed by atoms with Gasteiger partial charge in [-0.3, -0.25) is 14.9 Å². The molecule has 1 aliphatic rings. The minimum absolute atomic E-state index is 0.297. The Bertz CT molecular complexity index is 893. The van der Waals surface area contributed by atoms with Crippen molar-refractivity contribution in [1.82, 2.24) is 0 Å². The average Bonchev–Trinajstić information content (AvgIpc) is 2.78. The molecule has 0 saturated heterocycles. The van der Waals surface area contributed by atoms with Crippen LogP contribution >= 0.6 is 31.9 Å². The molecule has 3 rings (SSSR count). The van der Waals surface area contributed by atoms with Gasteiger partial charge in [0.05, 0.1) is 10.6 Å². The molecule has 0 unspecified atom stereocenters. The Morgan fingerprint density at radius 3 is 2.65 bits per heavy atom. The summed E-state index contributed by atoms with van der Waals surface area (Å²) in [6.07, 6.45) is 1.55. The Balaban J connectivity index is 2.13. The van der Waals surface area contributed by atoms with Crippen molar-refractivity contribution in [2.75, 3.05) is 5.32 Å². The summed E-state index contributed by atoms with van der Waals surface area (Å²) in [5.74, 6) is -0.714. The monoisotopic (exact) mass is 438 g/mol.